The van der Waals surface area contributed by atoms with Gasteiger partial charge >= 0.3 is 6.09 Å². The predicted molar refractivity (Wildman–Crippen MR) is 46.2 cm³/mol. The number of carbonyl (C=O) groups excluding carboxylic acids is 1. The largest absolute Gasteiger partial charge is 0.453 e. The molecule has 12 heavy (non-hydrogen) atoms. The SMILES string of the molecule is COC(=O)NCCc1cscn1. The Bertz CT molecular complexity index is 236. The fourth-order valence-corrected chi connectivity index (χ4v) is 1.32. The molecule has 5 heteroatoms. The van der Waals surface area contributed by atoms with Gasteiger partial charge in [-0.2, -0.15) is 0 Å². The van der Waals surface area contributed by atoms with Gasteiger partial charge in [0.25, 0.3) is 0 Å². The highest BCUT2D eigenvalue weighted by Gasteiger charge is 1.98. The minimum absolute atomic E-state index is 0.398. The van der Waals surface area contributed by atoms with Crippen molar-refractivity contribution < 1.29 is 9.53 Å². The highest BCUT2D eigenvalue weighted by atomic mass is 32.1. The number of methoxy groups -OCH3 is 1. The lowest BCUT2D eigenvalue weighted by atomic mass is 10.3. The van der Waals surface area contributed by atoms with Crippen LogP contribution in [0.5, 0.6) is 0 Å². The molecule has 1 amide bonds. The van der Waals surface area contributed by atoms with Crippen LogP contribution in [0.3, 0.4) is 0 Å². The van der Waals surface area contributed by atoms with E-state index in [-0.39, 0.29) is 0 Å². The molecular formula is C7H10N2O2S. The van der Waals surface area contributed by atoms with Crippen LogP contribution < -0.4 is 5.32 Å². The number of nitrogens with one attached hydrogen (secondary N) is 1. The summed E-state index contributed by atoms with van der Waals surface area (Å²) in [6.45, 7) is 0.566. The first kappa shape index (κ1) is 8.99. The van der Waals surface area contributed by atoms with E-state index in [4.69, 9.17) is 0 Å². The number of amides is 1. The van der Waals surface area contributed by atoms with Crippen LogP contribution in [0.4, 0.5) is 4.79 Å². The number of carbonyl (C=O) groups is 1. The van der Waals surface area contributed by atoms with Gasteiger partial charge in [0.05, 0.1) is 18.3 Å². The maximum Gasteiger partial charge on any atom is 0.406 e. The van der Waals surface area contributed by atoms with Crippen molar-refractivity contribution >= 4 is 17.4 Å². The number of nitrogens with zero attached hydrogens (tertiary/aromatic N) is 1. The standard InChI is InChI=1S/C7H10N2O2S/c1-11-7(10)8-3-2-6-4-12-5-9-6/h4-5H,2-3H2,1H3,(H,8,10). The third-order valence-electron chi connectivity index (χ3n) is 1.32. The van der Waals surface area contributed by atoms with Crippen molar-refractivity contribution in [2.75, 3.05) is 13.7 Å². The van der Waals surface area contributed by atoms with E-state index in [1.54, 1.807) is 16.8 Å². The van der Waals surface area contributed by atoms with Crippen LogP contribution in [0.2, 0.25) is 0 Å². The van der Waals surface area contributed by atoms with E-state index in [2.05, 4.69) is 15.0 Å². The Morgan fingerprint density at radius 2 is 2.67 bits per heavy atom. The van der Waals surface area contributed by atoms with Crippen molar-refractivity contribution in [1.29, 1.82) is 0 Å². The molecule has 66 valence electrons. The molecule has 0 fully saturated rings. The van der Waals surface area contributed by atoms with Crippen LogP contribution >= 0.6 is 11.3 Å². The molecule has 1 aromatic heterocycles. The van der Waals surface area contributed by atoms with Crippen molar-refractivity contribution in [2.24, 2.45) is 0 Å². The summed E-state index contributed by atoms with van der Waals surface area (Å²) in [6.07, 6.45) is 0.351. The average Bonchev–Trinajstić information content (AvgIpc) is 2.57. The molecule has 0 unspecified atom stereocenters. The topological polar surface area (TPSA) is 51.2 Å². The van der Waals surface area contributed by atoms with Crippen LogP contribution in [0.15, 0.2) is 10.9 Å². The molecule has 1 heterocycles. The number of ether oxygens (including phenoxy) is 1. The van der Waals surface area contributed by atoms with Crippen LogP contribution in [-0.4, -0.2) is 24.7 Å². The lowest BCUT2D eigenvalue weighted by Gasteiger charge is -2.00. The second-order valence-corrected chi connectivity index (χ2v) is 2.87. The fraction of sp³-hybridized carbons (Fsp3) is 0.429. The van der Waals surface area contributed by atoms with Gasteiger partial charge in [-0.05, 0) is 0 Å². The third-order valence-corrected chi connectivity index (χ3v) is 1.95. The van der Waals surface area contributed by atoms with Gasteiger partial charge < -0.3 is 10.1 Å². The van der Waals surface area contributed by atoms with Crippen molar-refractivity contribution in [3.63, 3.8) is 0 Å². The van der Waals surface area contributed by atoms with E-state index in [9.17, 15) is 4.79 Å². The quantitative estimate of drug-likeness (QED) is 0.767. The van der Waals surface area contributed by atoms with Crippen LogP contribution in [-0.2, 0) is 11.2 Å². The van der Waals surface area contributed by atoms with Gasteiger partial charge in [-0.3, -0.25) is 0 Å². The molecule has 0 aliphatic heterocycles. The van der Waals surface area contributed by atoms with Crippen molar-refractivity contribution in [3.8, 4) is 0 Å². The van der Waals surface area contributed by atoms with Gasteiger partial charge in [0, 0.05) is 18.3 Å². The predicted octanol–water partition coefficient (Wildman–Crippen LogP) is 1.04. The Hall–Kier alpha value is -1.10. The number of hydrogen-bond acceptors (Lipinski definition) is 4. The zero-order valence-corrected chi connectivity index (χ0v) is 7.56. The summed E-state index contributed by atoms with van der Waals surface area (Å²) in [4.78, 5) is 14.7. The van der Waals surface area contributed by atoms with Crippen molar-refractivity contribution in [2.45, 2.75) is 6.42 Å². The van der Waals surface area contributed by atoms with E-state index >= 15 is 0 Å². The van der Waals surface area contributed by atoms with E-state index in [0.717, 1.165) is 12.1 Å². The number of hydrogen-bond donors (Lipinski definition) is 1. The van der Waals surface area contributed by atoms with Gasteiger partial charge in [-0.1, -0.05) is 0 Å². The summed E-state index contributed by atoms with van der Waals surface area (Å²) >= 11 is 1.55. The number of rotatable bonds is 3. The molecule has 0 aromatic carbocycles. The van der Waals surface area contributed by atoms with Gasteiger partial charge in [0.1, 0.15) is 0 Å². The summed E-state index contributed by atoms with van der Waals surface area (Å²) in [5.74, 6) is 0. The Balaban J connectivity index is 2.15. The van der Waals surface area contributed by atoms with Gasteiger partial charge in [0.15, 0.2) is 0 Å². The maximum absolute atomic E-state index is 10.6. The Labute approximate surface area is 74.6 Å². The molecule has 1 N–H and O–H groups in total. The molecule has 1 aromatic rings. The number of thiazole rings is 1. The van der Waals surface area contributed by atoms with Crippen LogP contribution in [0.25, 0.3) is 0 Å². The zero-order valence-electron chi connectivity index (χ0n) is 6.74. The molecular weight excluding hydrogens is 176 g/mol. The highest BCUT2D eigenvalue weighted by molar-refractivity contribution is 7.07. The second-order valence-electron chi connectivity index (χ2n) is 2.15. The van der Waals surface area contributed by atoms with E-state index in [0.29, 0.717) is 6.54 Å². The lowest BCUT2D eigenvalue weighted by Crippen LogP contribution is -2.25. The van der Waals surface area contributed by atoms with E-state index < -0.39 is 6.09 Å². The number of aromatic nitrogens is 1. The fourth-order valence-electron chi connectivity index (χ4n) is 0.726. The Morgan fingerprint density at radius 1 is 1.83 bits per heavy atom. The molecule has 0 bridgehead atoms. The van der Waals surface area contributed by atoms with Crippen LogP contribution in [0, 0.1) is 0 Å². The van der Waals surface area contributed by atoms with E-state index in [1.807, 2.05) is 5.38 Å². The van der Waals surface area contributed by atoms with Gasteiger partial charge in [-0.15, -0.1) is 11.3 Å². The zero-order chi connectivity index (χ0) is 8.81. The molecule has 1 rings (SSSR count). The molecule has 0 aliphatic rings. The maximum atomic E-state index is 10.6. The smallest absolute Gasteiger partial charge is 0.406 e. The first-order valence-electron chi connectivity index (χ1n) is 3.52. The normalized spacial score (nSPS) is 9.42. The summed E-state index contributed by atoms with van der Waals surface area (Å²) in [5, 5.41) is 4.53. The molecule has 4 nitrogen and oxygen atoms in total. The van der Waals surface area contributed by atoms with Gasteiger partial charge in [-0.25, -0.2) is 9.78 Å². The lowest BCUT2D eigenvalue weighted by molar-refractivity contribution is 0.171. The van der Waals surface area contributed by atoms with Crippen molar-refractivity contribution in [3.05, 3.63) is 16.6 Å². The number of alkyl carbamates (subject to hydrolysis) is 1. The Morgan fingerprint density at radius 3 is 3.25 bits per heavy atom. The monoisotopic (exact) mass is 186 g/mol. The van der Waals surface area contributed by atoms with E-state index in [1.165, 1.54) is 7.11 Å². The molecule has 0 atom stereocenters. The average molecular weight is 186 g/mol. The highest BCUT2D eigenvalue weighted by Crippen LogP contribution is 2.00. The molecule has 0 spiro atoms. The first-order chi connectivity index (χ1) is 5.83. The Kier molecular flexibility index (Phi) is 3.53. The molecule has 0 saturated carbocycles. The third kappa shape index (κ3) is 2.87. The first-order valence-corrected chi connectivity index (χ1v) is 4.46. The molecule has 0 radical (unpaired) electrons. The summed E-state index contributed by atoms with van der Waals surface area (Å²) in [7, 11) is 1.35. The molecule has 0 aliphatic carbocycles. The summed E-state index contributed by atoms with van der Waals surface area (Å²) < 4.78 is 4.40. The minimum Gasteiger partial charge on any atom is -0.453 e. The van der Waals surface area contributed by atoms with Gasteiger partial charge in [0.2, 0.25) is 0 Å². The second kappa shape index (κ2) is 4.71. The van der Waals surface area contributed by atoms with Crippen molar-refractivity contribution in [1.82, 2.24) is 10.3 Å². The molecule has 0 saturated heterocycles. The summed E-state index contributed by atoms with van der Waals surface area (Å²) in [6, 6.07) is 0. The minimum atomic E-state index is -0.398. The summed E-state index contributed by atoms with van der Waals surface area (Å²) in [5.41, 5.74) is 2.77. The van der Waals surface area contributed by atoms with Crippen LogP contribution in [0.1, 0.15) is 5.69 Å².